The molecule has 3 rings (SSSR count). The summed E-state index contributed by atoms with van der Waals surface area (Å²) >= 11 is 1.23. The van der Waals surface area contributed by atoms with Gasteiger partial charge in [0.15, 0.2) is 0 Å². The van der Waals surface area contributed by atoms with Crippen LogP contribution in [0.2, 0.25) is 0 Å². The molecule has 1 aliphatic rings. The summed E-state index contributed by atoms with van der Waals surface area (Å²) in [6.45, 7) is 4.69. The Bertz CT molecular complexity index is 934. The van der Waals surface area contributed by atoms with Gasteiger partial charge < -0.3 is 15.3 Å². The van der Waals surface area contributed by atoms with Crippen molar-refractivity contribution in [1.82, 2.24) is 4.90 Å². The third-order valence-corrected chi connectivity index (χ3v) is 5.43. The fourth-order valence-corrected chi connectivity index (χ4v) is 3.87. The van der Waals surface area contributed by atoms with E-state index in [4.69, 9.17) is 5.11 Å². The number of hydrogen-bond acceptors (Lipinski definition) is 6. The molecular weight excluding hydrogens is 394 g/mol. The number of rotatable bonds is 5. The van der Waals surface area contributed by atoms with Gasteiger partial charge in [-0.3, -0.25) is 15.5 Å². The van der Waals surface area contributed by atoms with Gasteiger partial charge in [-0.15, -0.1) is 11.3 Å². The van der Waals surface area contributed by atoms with Crippen molar-refractivity contribution in [3.05, 3.63) is 40.6 Å². The number of nitrogens with zero attached hydrogens (tertiary/aromatic N) is 3. The van der Waals surface area contributed by atoms with Crippen LogP contribution in [0, 0.1) is 5.92 Å². The predicted molar refractivity (Wildman–Crippen MR) is 113 cm³/mol. The lowest BCUT2D eigenvalue weighted by molar-refractivity contribution is -0.121. The number of thiophene rings is 1. The van der Waals surface area contributed by atoms with E-state index in [0.29, 0.717) is 49.0 Å². The molecule has 2 heterocycles. The normalized spacial score (nSPS) is 15.1. The van der Waals surface area contributed by atoms with E-state index in [1.165, 1.54) is 16.7 Å². The maximum atomic E-state index is 12.5. The van der Waals surface area contributed by atoms with Crippen molar-refractivity contribution in [2.24, 2.45) is 15.9 Å². The number of guanidine groups is 1. The SMILES string of the molecule is C=NC(=Nc1ccccc1NO)N1CCC(C(=O)Nc2cscc2C(=O)O)CC1. The monoisotopic (exact) mass is 415 g/mol. The van der Waals surface area contributed by atoms with Gasteiger partial charge >= 0.3 is 5.97 Å². The molecule has 10 heteroatoms. The van der Waals surface area contributed by atoms with Crippen molar-refractivity contribution in [3.63, 3.8) is 0 Å². The van der Waals surface area contributed by atoms with Gasteiger partial charge in [0.2, 0.25) is 11.9 Å². The van der Waals surface area contributed by atoms with Crippen LogP contribution in [0.25, 0.3) is 0 Å². The fourth-order valence-electron chi connectivity index (χ4n) is 3.12. The molecule has 1 aliphatic heterocycles. The number of para-hydroxylation sites is 2. The molecule has 2 aromatic rings. The quantitative estimate of drug-likeness (QED) is 0.337. The number of hydrogen-bond donors (Lipinski definition) is 4. The lowest BCUT2D eigenvalue weighted by atomic mass is 9.96. The maximum absolute atomic E-state index is 12.5. The summed E-state index contributed by atoms with van der Waals surface area (Å²) in [6, 6.07) is 7.00. The molecule has 0 bridgehead atoms. The average molecular weight is 415 g/mol. The molecule has 9 nitrogen and oxygen atoms in total. The number of piperidine rings is 1. The highest BCUT2D eigenvalue weighted by molar-refractivity contribution is 7.08. The lowest BCUT2D eigenvalue weighted by Gasteiger charge is -2.31. The van der Waals surface area contributed by atoms with E-state index in [1.807, 2.05) is 4.90 Å². The Hall–Kier alpha value is -3.24. The Kier molecular flexibility index (Phi) is 6.57. The van der Waals surface area contributed by atoms with Gasteiger partial charge in [0, 0.05) is 29.8 Å². The number of nitrogens with one attached hydrogen (secondary N) is 2. The summed E-state index contributed by atoms with van der Waals surface area (Å²) in [5.41, 5.74) is 3.51. The molecule has 1 aromatic carbocycles. The summed E-state index contributed by atoms with van der Waals surface area (Å²) in [4.78, 5) is 34.1. The summed E-state index contributed by atoms with van der Waals surface area (Å²) in [6.07, 6.45) is 1.15. The molecule has 1 amide bonds. The second-order valence-electron chi connectivity index (χ2n) is 6.45. The highest BCUT2D eigenvalue weighted by Crippen LogP contribution is 2.27. The molecule has 0 atom stereocenters. The number of carbonyl (C=O) groups excluding carboxylic acids is 1. The van der Waals surface area contributed by atoms with Crippen LogP contribution in [0.5, 0.6) is 0 Å². The molecule has 0 unspecified atom stereocenters. The van der Waals surface area contributed by atoms with Crippen molar-refractivity contribution in [2.75, 3.05) is 23.9 Å². The maximum Gasteiger partial charge on any atom is 0.338 e. The molecule has 1 aromatic heterocycles. The minimum atomic E-state index is -1.06. The summed E-state index contributed by atoms with van der Waals surface area (Å²) in [7, 11) is 0. The first-order chi connectivity index (χ1) is 14.0. The van der Waals surface area contributed by atoms with Gasteiger partial charge in [0.1, 0.15) is 0 Å². The van der Waals surface area contributed by atoms with Crippen molar-refractivity contribution in [3.8, 4) is 0 Å². The third kappa shape index (κ3) is 4.79. The zero-order chi connectivity index (χ0) is 20.8. The minimum Gasteiger partial charge on any atom is -0.478 e. The van der Waals surface area contributed by atoms with Crippen LogP contribution in [-0.2, 0) is 4.79 Å². The second-order valence-corrected chi connectivity index (χ2v) is 7.20. The topological polar surface area (TPSA) is 127 Å². The molecule has 0 spiro atoms. The van der Waals surface area contributed by atoms with Crippen molar-refractivity contribution >= 4 is 53.0 Å². The number of anilines is 2. The molecule has 29 heavy (non-hydrogen) atoms. The van der Waals surface area contributed by atoms with E-state index in [9.17, 15) is 14.8 Å². The fraction of sp³-hybridized carbons (Fsp3) is 0.263. The van der Waals surface area contributed by atoms with E-state index in [0.717, 1.165) is 0 Å². The Balaban J connectivity index is 1.63. The zero-order valence-electron chi connectivity index (χ0n) is 15.5. The van der Waals surface area contributed by atoms with Crippen molar-refractivity contribution in [1.29, 1.82) is 0 Å². The number of likely N-dealkylation sites (tertiary alicyclic amines) is 1. The molecule has 0 aliphatic carbocycles. The highest BCUT2D eigenvalue weighted by atomic mass is 32.1. The molecular formula is C19H21N5O4S. The standard InChI is InChI=1S/C19H21N5O4S/c1-20-19(22-14-4-2-3-5-15(14)23-28)24-8-6-12(7-9-24)17(25)21-16-11-29-10-13(16)18(26)27/h2-5,10-12,23,28H,1,6-9H2,(H,21,25)(H,26,27). The molecule has 152 valence electrons. The molecule has 0 radical (unpaired) electrons. The van der Waals surface area contributed by atoms with Crippen LogP contribution in [0.15, 0.2) is 45.0 Å². The highest BCUT2D eigenvalue weighted by Gasteiger charge is 2.27. The Morgan fingerprint density at radius 2 is 1.90 bits per heavy atom. The smallest absolute Gasteiger partial charge is 0.338 e. The number of aromatic carboxylic acids is 1. The largest absolute Gasteiger partial charge is 0.478 e. The second kappa shape index (κ2) is 9.30. The number of carbonyl (C=O) groups is 2. The van der Waals surface area contributed by atoms with Crippen molar-refractivity contribution < 1.29 is 19.9 Å². The molecule has 0 saturated carbocycles. The van der Waals surface area contributed by atoms with E-state index in [2.05, 4.69) is 27.5 Å². The zero-order valence-corrected chi connectivity index (χ0v) is 16.4. The number of carboxylic acids is 1. The minimum absolute atomic E-state index is 0.0993. The van der Waals surface area contributed by atoms with Crippen LogP contribution >= 0.6 is 11.3 Å². The van der Waals surface area contributed by atoms with Gasteiger partial charge in [0.05, 0.1) is 22.6 Å². The number of benzene rings is 1. The van der Waals surface area contributed by atoms with E-state index < -0.39 is 5.97 Å². The molecule has 1 fully saturated rings. The molecule has 4 N–H and O–H groups in total. The summed E-state index contributed by atoms with van der Waals surface area (Å²) < 4.78 is 0. The molecule has 1 saturated heterocycles. The first-order valence-electron chi connectivity index (χ1n) is 8.93. The van der Waals surface area contributed by atoms with E-state index in [1.54, 1.807) is 29.6 Å². The van der Waals surface area contributed by atoms with Gasteiger partial charge in [0.25, 0.3) is 0 Å². The summed E-state index contributed by atoms with van der Waals surface area (Å²) in [5.74, 6) is -1.07. The van der Waals surface area contributed by atoms with Crippen molar-refractivity contribution in [2.45, 2.75) is 12.8 Å². The van der Waals surface area contributed by atoms with Crippen LogP contribution < -0.4 is 10.8 Å². The van der Waals surface area contributed by atoms with Crippen LogP contribution in [0.1, 0.15) is 23.2 Å². The van der Waals surface area contributed by atoms with E-state index in [-0.39, 0.29) is 17.4 Å². The first-order valence-corrected chi connectivity index (χ1v) is 9.87. The first kappa shape index (κ1) is 20.5. The van der Waals surface area contributed by atoms with Crippen LogP contribution in [-0.4, -0.2) is 52.9 Å². The van der Waals surface area contributed by atoms with Gasteiger partial charge in [-0.1, -0.05) is 12.1 Å². The number of amides is 1. The van der Waals surface area contributed by atoms with Crippen LogP contribution in [0.3, 0.4) is 0 Å². The van der Waals surface area contributed by atoms with Gasteiger partial charge in [-0.05, 0) is 31.7 Å². The number of carboxylic acid groups (broad SMARTS) is 1. The number of aliphatic imine (C=N–C) groups is 2. The lowest BCUT2D eigenvalue weighted by Crippen LogP contribution is -2.40. The van der Waals surface area contributed by atoms with E-state index >= 15 is 0 Å². The Morgan fingerprint density at radius 3 is 2.55 bits per heavy atom. The van der Waals surface area contributed by atoms with Gasteiger partial charge in [-0.2, -0.15) is 0 Å². The van der Waals surface area contributed by atoms with Crippen LogP contribution in [0.4, 0.5) is 17.1 Å². The third-order valence-electron chi connectivity index (χ3n) is 4.69. The van der Waals surface area contributed by atoms with Gasteiger partial charge in [-0.25, -0.2) is 14.8 Å². The Morgan fingerprint density at radius 1 is 1.17 bits per heavy atom. The predicted octanol–water partition coefficient (Wildman–Crippen LogP) is 3.29. The Labute approximate surface area is 171 Å². The average Bonchev–Trinajstić information content (AvgIpc) is 3.21. The summed E-state index contributed by atoms with van der Waals surface area (Å²) in [5, 5.41) is 24.2.